The highest BCUT2D eigenvalue weighted by Crippen LogP contribution is 2.81. The standard InChI is InChI=1S/C29H38O8.C2H4O2.C2H6.H2O/c1-12-9-17-28(11-29(28,35)25(34)37-17)21-19(12)27(4)16(36-13(2)30)10-15-18(20(27)24(21)33)23(32)22(31)14-7-5-6-8-26(14,15)3;1-2(3)4;1-2;/h9,12,14-16,18-21,23-24,32-33,35H,5-8,10-11H2,1-4H3;1H3,(H,3,4);1-2H3;1H2/t12?,14?,15?,16-,18?,19?,20?,21?,23+,24+,26-,27+,28-,29+;;;/m0.../s1. The van der Waals surface area contributed by atoms with Crippen LogP contribution in [0.5, 0.6) is 0 Å². The normalized spacial score (nSPS) is 50.4. The maximum atomic E-state index is 13.7. The van der Waals surface area contributed by atoms with E-state index >= 15 is 0 Å². The minimum atomic E-state index is -1.66. The van der Waals surface area contributed by atoms with Gasteiger partial charge in [-0.2, -0.15) is 0 Å². The number of aliphatic hydroxyl groups is 3. The summed E-state index contributed by atoms with van der Waals surface area (Å²) in [4.78, 5) is 47.8. The van der Waals surface area contributed by atoms with E-state index in [-0.39, 0.29) is 52.7 Å². The van der Waals surface area contributed by atoms with Crippen LogP contribution in [0.2, 0.25) is 0 Å². The van der Waals surface area contributed by atoms with Gasteiger partial charge in [0, 0.05) is 49.4 Å². The maximum Gasteiger partial charge on any atom is 0.344 e. The van der Waals surface area contributed by atoms with Crippen molar-refractivity contribution >= 4 is 23.7 Å². The third kappa shape index (κ3) is 4.21. The van der Waals surface area contributed by atoms with Gasteiger partial charge in [-0.25, -0.2) is 4.79 Å². The zero-order valence-electron chi connectivity index (χ0n) is 26.8. The molecule has 1 spiro atoms. The number of fused-ring (bicyclic) bond motifs is 7. The largest absolute Gasteiger partial charge is 0.481 e. The highest BCUT2D eigenvalue weighted by molar-refractivity contribution is 5.91. The Hall–Kier alpha value is -2.34. The van der Waals surface area contributed by atoms with Crippen LogP contribution in [-0.4, -0.2) is 73.5 Å². The van der Waals surface area contributed by atoms with Crippen molar-refractivity contribution in [2.24, 2.45) is 57.7 Å². The summed E-state index contributed by atoms with van der Waals surface area (Å²) >= 11 is 0. The van der Waals surface area contributed by atoms with Gasteiger partial charge in [-0.3, -0.25) is 14.4 Å². The minimum absolute atomic E-state index is 0. The Morgan fingerprint density at radius 3 is 2.23 bits per heavy atom. The molecule has 7 unspecified atom stereocenters. The van der Waals surface area contributed by atoms with Crippen LogP contribution in [0.3, 0.4) is 0 Å². The second kappa shape index (κ2) is 11.2. The van der Waals surface area contributed by atoms with Crippen molar-refractivity contribution in [1.82, 2.24) is 0 Å². The third-order valence-corrected chi connectivity index (χ3v) is 12.7. The zero-order valence-corrected chi connectivity index (χ0v) is 26.8. The monoisotopic (exact) mass is 622 g/mol. The van der Waals surface area contributed by atoms with Crippen molar-refractivity contribution in [1.29, 1.82) is 0 Å². The number of hydrogen-bond donors (Lipinski definition) is 4. The zero-order chi connectivity index (χ0) is 32.0. The van der Waals surface area contributed by atoms with Gasteiger partial charge in [-0.15, -0.1) is 0 Å². The van der Waals surface area contributed by atoms with Crippen molar-refractivity contribution in [2.75, 3.05) is 0 Å². The minimum Gasteiger partial charge on any atom is -0.481 e. The predicted molar refractivity (Wildman–Crippen MR) is 156 cm³/mol. The molecular weight excluding hydrogens is 572 g/mol. The van der Waals surface area contributed by atoms with Crippen molar-refractivity contribution in [2.45, 2.75) is 111 Å². The smallest absolute Gasteiger partial charge is 0.344 e. The molecule has 248 valence electrons. The molecule has 14 atom stereocenters. The summed E-state index contributed by atoms with van der Waals surface area (Å²) in [6.45, 7) is 12.7. The quantitative estimate of drug-likeness (QED) is 0.315. The number of esters is 2. The molecule has 0 aromatic rings. The molecule has 11 nitrogen and oxygen atoms in total. The van der Waals surface area contributed by atoms with Gasteiger partial charge in [-0.1, -0.05) is 47.5 Å². The van der Waals surface area contributed by atoms with E-state index in [9.17, 15) is 29.7 Å². The Balaban J connectivity index is 0.000000587. The number of carboxylic acids is 1. The molecule has 6 N–H and O–H groups in total. The van der Waals surface area contributed by atoms with Gasteiger partial charge >= 0.3 is 11.9 Å². The van der Waals surface area contributed by atoms with Crippen molar-refractivity contribution < 1.29 is 54.6 Å². The number of carbonyl (C=O) groups excluding carboxylic acids is 3. The van der Waals surface area contributed by atoms with Crippen LogP contribution in [-0.2, 0) is 28.7 Å². The summed E-state index contributed by atoms with van der Waals surface area (Å²) in [6.07, 6.45) is 3.51. The molecule has 0 aromatic heterocycles. The van der Waals surface area contributed by atoms with Gasteiger partial charge in [0.1, 0.15) is 18.0 Å². The molecule has 0 bridgehead atoms. The highest BCUT2D eigenvalue weighted by atomic mass is 16.6. The summed E-state index contributed by atoms with van der Waals surface area (Å²) in [6, 6.07) is 0. The number of ether oxygens (including phenoxy) is 2. The van der Waals surface area contributed by atoms with Crippen LogP contribution in [0.25, 0.3) is 0 Å². The van der Waals surface area contributed by atoms with Gasteiger partial charge in [0.25, 0.3) is 5.97 Å². The number of hydrogen-bond acceptors (Lipinski definition) is 9. The van der Waals surface area contributed by atoms with Gasteiger partial charge in [-0.05, 0) is 48.5 Å². The molecular formula is C33H50O11. The molecule has 0 amide bonds. The van der Waals surface area contributed by atoms with Crippen LogP contribution < -0.4 is 0 Å². The molecule has 11 heteroatoms. The first kappa shape index (κ1) is 34.5. The van der Waals surface area contributed by atoms with E-state index in [0.29, 0.717) is 12.2 Å². The van der Waals surface area contributed by atoms with E-state index in [1.165, 1.54) is 6.92 Å². The lowest BCUT2D eigenvalue weighted by Crippen LogP contribution is -2.66. The van der Waals surface area contributed by atoms with Gasteiger partial charge in [0.05, 0.1) is 11.5 Å². The molecule has 6 fully saturated rings. The maximum absolute atomic E-state index is 13.7. The molecule has 7 aliphatic rings. The number of allylic oxidation sites excluding steroid dienone is 1. The van der Waals surface area contributed by atoms with E-state index < -0.39 is 64.4 Å². The van der Waals surface area contributed by atoms with E-state index in [4.69, 9.17) is 19.4 Å². The molecule has 1 saturated heterocycles. The molecule has 6 aliphatic carbocycles. The Labute approximate surface area is 258 Å². The molecule has 7 rings (SSSR count). The van der Waals surface area contributed by atoms with Crippen LogP contribution in [0.4, 0.5) is 0 Å². The van der Waals surface area contributed by atoms with Crippen LogP contribution in [0.15, 0.2) is 11.8 Å². The first-order valence-corrected chi connectivity index (χ1v) is 16.0. The van der Waals surface area contributed by atoms with Crippen molar-refractivity contribution in [3.8, 4) is 0 Å². The summed E-state index contributed by atoms with van der Waals surface area (Å²) in [7, 11) is 0. The fraction of sp³-hybridized carbons (Fsp3) is 0.818. The van der Waals surface area contributed by atoms with E-state index in [0.717, 1.165) is 32.6 Å². The Bertz CT molecular complexity index is 1240. The van der Waals surface area contributed by atoms with Crippen molar-refractivity contribution in [3.05, 3.63) is 11.8 Å². The van der Waals surface area contributed by atoms with E-state index in [2.05, 4.69) is 6.92 Å². The van der Waals surface area contributed by atoms with Gasteiger partial charge in [0.2, 0.25) is 0 Å². The number of rotatable bonds is 1. The Morgan fingerprint density at radius 2 is 1.66 bits per heavy atom. The summed E-state index contributed by atoms with van der Waals surface area (Å²) < 4.78 is 11.6. The molecule has 1 heterocycles. The molecule has 1 aliphatic heterocycles. The lowest BCUT2D eigenvalue weighted by molar-refractivity contribution is -0.217. The van der Waals surface area contributed by atoms with Gasteiger partial charge < -0.3 is 35.4 Å². The average Bonchev–Trinajstić information content (AvgIpc) is 3.40. The Kier molecular flexibility index (Phi) is 8.77. The van der Waals surface area contributed by atoms with Crippen LogP contribution >= 0.6 is 0 Å². The number of carbonyl (C=O) groups is 4. The summed E-state index contributed by atoms with van der Waals surface area (Å²) in [5, 5.41) is 42.6. The lowest BCUT2D eigenvalue weighted by atomic mass is 9.42. The number of ketones is 1. The topological polar surface area (TPSA) is 199 Å². The Morgan fingerprint density at radius 1 is 1.05 bits per heavy atom. The first-order chi connectivity index (χ1) is 20.1. The number of carboxylic acid groups (broad SMARTS) is 1. The average molecular weight is 623 g/mol. The first-order valence-electron chi connectivity index (χ1n) is 16.0. The number of Topliss-reactive ketones (excluding diaryl/α,β-unsaturated/α-hetero) is 1. The molecule has 5 saturated carbocycles. The molecule has 44 heavy (non-hydrogen) atoms. The summed E-state index contributed by atoms with van der Waals surface area (Å²) in [5.41, 5.74) is -3.77. The fourth-order valence-corrected chi connectivity index (χ4v) is 11.3. The fourth-order valence-electron chi connectivity index (χ4n) is 11.3. The molecule has 0 aromatic carbocycles. The van der Waals surface area contributed by atoms with E-state index in [1.54, 1.807) is 0 Å². The lowest BCUT2D eigenvalue weighted by Gasteiger charge is -2.63. The van der Waals surface area contributed by atoms with Crippen molar-refractivity contribution in [3.63, 3.8) is 0 Å². The SMILES string of the molecule is CC.CC(=O)O.CC(=O)O[C@H]1CC2C(C3[C@@H](O)C4C(C(C)C=C5OC(=O)[C@]6(O)C[C@]546)[C@]31C)[C@@H](O)C(=O)C1CCCC[C@@]12C.O. The van der Waals surface area contributed by atoms with E-state index in [1.807, 2.05) is 33.8 Å². The second-order valence-electron chi connectivity index (χ2n) is 14.4. The van der Waals surface area contributed by atoms with Gasteiger partial charge in [0.15, 0.2) is 11.4 Å². The predicted octanol–water partition coefficient (Wildman–Crippen LogP) is 2.43. The number of aliphatic hydroxyl groups excluding tert-OH is 2. The van der Waals surface area contributed by atoms with Crippen LogP contribution in [0.1, 0.15) is 87.0 Å². The molecule has 0 radical (unpaired) electrons. The van der Waals surface area contributed by atoms with Crippen LogP contribution in [0, 0.1) is 57.7 Å². The number of aliphatic carboxylic acids is 1. The highest BCUT2D eigenvalue weighted by Gasteiger charge is 2.88. The second-order valence-corrected chi connectivity index (χ2v) is 14.4. The summed E-state index contributed by atoms with van der Waals surface area (Å²) in [5.74, 6) is -3.79. The third-order valence-electron chi connectivity index (χ3n) is 12.7.